The molecule has 0 radical (unpaired) electrons. The molecular formula is C17H26N4O. The number of anilines is 1. The van der Waals surface area contributed by atoms with Crippen molar-refractivity contribution in [3.63, 3.8) is 0 Å². The maximum atomic E-state index is 12.8. The molecule has 1 aromatic rings. The molecule has 5 nitrogen and oxygen atoms in total. The average Bonchev–Trinajstić information content (AvgIpc) is 2.62. The van der Waals surface area contributed by atoms with Crippen LogP contribution in [0.1, 0.15) is 44.9 Å². The fourth-order valence-corrected chi connectivity index (χ4v) is 3.75. The summed E-state index contributed by atoms with van der Waals surface area (Å²) in [6.07, 6.45) is 11.7. The van der Waals surface area contributed by atoms with E-state index in [2.05, 4.69) is 14.9 Å². The van der Waals surface area contributed by atoms with Crippen LogP contribution in [-0.4, -0.2) is 47.0 Å². The van der Waals surface area contributed by atoms with Gasteiger partial charge in [-0.25, -0.2) is 9.97 Å². The molecule has 3 rings (SSSR count). The number of carbonyl (C=O) groups is 1. The van der Waals surface area contributed by atoms with E-state index in [1.165, 1.54) is 32.1 Å². The summed E-state index contributed by atoms with van der Waals surface area (Å²) in [6.45, 7) is 1.70. The van der Waals surface area contributed by atoms with Crippen molar-refractivity contribution in [3.8, 4) is 0 Å². The Labute approximate surface area is 132 Å². The summed E-state index contributed by atoms with van der Waals surface area (Å²) < 4.78 is 0. The fraction of sp³-hybridized carbons (Fsp3) is 0.706. The van der Waals surface area contributed by atoms with Crippen LogP contribution >= 0.6 is 0 Å². The van der Waals surface area contributed by atoms with Gasteiger partial charge in [0.15, 0.2) is 0 Å². The lowest BCUT2D eigenvalue weighted by atomic mass is 9.91. The normalized spacial score (nSPS) is 23.3. The standard InChI is InChI=1S/C17H26N4O/c1-20(15-8-3-2-4-9-15)16(22)14-7-5-12-21(13-14)17-18-10-6-11-19-17/h6,10-11,14-15H,2-5,7-9,12-13H2,1H3. The van der Waals surface area contributed by atoms with E-state index in [1.807, 2.05) is 18.0 Å². The van der Waals surface area contributed by atoms with Crippen molar-refractivity contribution in [3.05, 3.63) is 18.5 Å². The molecule has 1 saturated heterocycles. The van der Waals surface area contributed by atoms with Gasteiger partial charge in [0.25, 0.3) is 0 Å². The number of amides is 1. The number of nitrogens with zero attached hydrogens (tertiary/aromatic N) is 4. The van der Waals surface area contributed by atoms with Crippen LogP contribution in [0.2, 0.25) is 0 Å². The summed E-state index contributed by atoms with van der Waals surface area (Å²) in [5, 5.41) is 0. The number of rotatable bonds is 3. The zero-order chi connectivity index (χ0) is 15.4. The Morgan fingerprint density at radius 3 is 2.59 bits per heavy atom. The second-order valence-corrected chi connectivity index (χ2v) is 6.57. The number of hydrogen-bond donors (Lipinski definition) is 0. The molecule has 1 saturated carbocycles. The van der Waals surface area contributed by atoms with E-state index >= 15 is 0 Å². The van der Waals surface area contributed by atoms with Gasteiger partial charge in [0.1, 0.15) is 0 Å². The molecule has 2 heterocycles. The molecule has 1 unspecified atom stereocenters. The van der Waals surface area contributed by atoms with E-state index in [0.717, 1.165) is 31.9 Å². The van der Waals surface area contributed by atoms with E-state index in [0.29, 0.717) is 11.9 Å². The Bertz CT molecular complexity index is 487. The van der Waals surface area contributed by atoms with Crippen LogP contribution in [0, 0.1) is 5.92 Å². The van der Waals surface area contributed by atoms with Crippen LogP contribution in [-0.2, 0) is 4.79 Å². The summed E-state index contributed by atoms with van der Waals surface area (Å²) in [6, 6.07) is 2.28. The van der Waals surface area contributed by atoms with Crippen molar-refractivity contribution in [2.75, 3.05) is 25.0 Å². The quantitative estimate of drug-likeness (QED) is 0.861. The van der Waals surface area contributed by atoms with Gasteiger partial charge in [0.05, 0.1) is 5.92 Å². The first-order valence-electron chi connectivity index (χ1n) is 8.54. The number of piperidine rings is 1. The second kappa shape index (κ2) is 7.07. The second-order valence-electron chi connectivity index (χ2n) is 6.57. The van der Waals surface area contributed by atoms with Crippen LogP contribution in [0.4, 0.5) is 5.95 Å². The third-order valence-corrected chi connectivity index (χ3v) is 5.08. The van der Waals surface area contributed by atoms with Crippen molar-refractivity contribution in [2.24, 2.45) is 5.92 Å². The van der Waals surface area contributed by atoms with Gasteiger partial charge in [-0.15, -0.1) is 0 Å². The highest BCUT2D eigenvalue weighted by Crippen LogP contribution is 2.26. The first-order valence-corrected chi connectivity index (χ1v) is 8.54. The van der Waals surface area contributed by atoms with Gasteiger partial charge in [-0.3, -0.25) is 4.79 Å². The third kappa shape index (κ3) is 3.39. The molecule has 120 valence electrons. The lowest BCUT2D eigenvalue weighted by Gasteiger charge is -2.37. The zero-order valence-corrected chi connectivity index (χ0v) is 13.4. The molecule has 0 N–H and O–H groups in total. The number of carbonyl (C=O) groups excluding carboxylic acids is 1. The van der Waals surface area contributed by atoms with Gasteiger partial charge in [-0.1, -0.05) is 19.3 Å². The van der Waals surface area contributed by atoms with Crippen LogP contribution < -0.4 is 4.90 Å². The van der Waals surface area contributed by atoms with E-state index in [-0.39, 0.29) is 5.92 Å². The molecule has 22 heavy (non-hydrogen) atoms. The van der Waals surface area contributed by atoms with Gasteiger partial charge < -0.3 is 9.80 Å². The summed E-state index contributed by atoms with van der Waals surface area (Å²) in [5.74, 6) is 1.15. The maximum absolute atomic E-state index is 12.8. The average molecular weight is 302 g/mol. The molecule has 1 aliphatic heterocycles. The maximum Gasteiger partial charge on any atom is 0.227 e. The minimum Gasteiger partial charge on any atom is -0.342 e. The summed E-state index contributed by atoms with van der Waals surface area (Å²) in [7, 11) is 2.00. The summed E-state index contributed by atoms with van der Waals surface area (Å²) in [5.41, 5.74) is 0. The lowest BCUT2D eigenvalue weighted by molar-refractivity contribution is -0.137. The van der Waals surface area contributed by atoms with E-state index < -0.39 is 0 Å². The molecule has 1 amide bonds. The predicted octanol–water partition coefficient (Wildman–Crippen LogP) is 2.48. The Kier molecular flexibility index (Phi) is 4.90. The van der Waals surface area contributed by atoms with Gasteiger partial charge >= 0.3 is 0 Å². The Balaban J connectivity index is 1.62. The smallest absolute Gasteiger partial charge is 0.227 e. The predicted molar refractivity (Wildman–Crippen MR) is 86.6 cm³/mol. The first kappa shape index (κ1) is 15.3. The van der Waals surface area contributed by atoms with Crippen molar-refractivity contribution in [2.45, 2.75) is 51.0 Å². The topological polar surface area (TPSA) is 49.3 Å². The molecule has 5 heteroatoms. The van der Waals surface area contributed by atoms with Crippen LogP contribution in [0.3, 0.4) is 0 Å². The van der Waals surface area contributed by atoms with Crippen molar-refractivity contribution in [1.82, 2.24) is 14.9 Å². The highest BCUT2D eigenvalue weighted by Gasteiger charge is 2.31. The highest BCUT2D eigenvalue weighted by molar-refractivity contribution is 5.79. The Morgan fingerprint density at radius 2 is 1.86 bits per heavy atom. The van der Waals surface area contributed by atoms with Gasteiger partial charge in [-0.2, -0.15) is 0 Å². The van der Waals surface area contributed by atoms with Crippen LogP contribution in [0.25, 0.3) is 0 Å². The third-order valence-electron chi connectivity index (χ3n) is 5.08. The molecule has 0 spiro atoms. The van der Waals surface area contributed by atoms with Gasteiger partial charge in [0, 0.05) is 38.6 Å². The minimum atomic E-state index is 0.0875. The monoisotopic (exact) mass is 302 g/mol. The molecule has 1 aromatic heterocycles. The van der Waals surface area contributed by atoms with Gasteiger partial charge in [-0.05, 0) is 31.7 Å². The SMILES string of the molecule is CN(C(=O)C1CCCN(c2ncccn2)C1)C1CCCCC1. The van der Waals surface area contributed by atoms with Crippen LogP contribution in [0.5, 0.6) is 0 Å². The molecule has 2 aliphatic rings. The molecule has 0 aromatic carbocycles. The molecule has 1 atom stereocenters. The van der Waals surface area contributed by atoms with Crippen molar-refractivity contribution in [1.29, 1.82) is 0 Å². The Hall–Kier alpha value is -1.65. The molecule has 2 fully saturated rings. The van der Waals surface area contributed by atoms with Crippen LogP contribution in [0.15, 0.2) is 18.5 Å². The molecule has 0 bridgehead atoms. The summed E-state index contributed by atoms with van der Waals surface area (Å²) >= 11 is 0. The summed E-state index contributed by atoms with van der Waals surface area (Å²) in [4.78, 5) is 25.7. The van der Waals surface area contributed by atoms with Crippen molar-refractivity contribution < 1.29 is 4.79 Å². The number of aromatic nitrogens is 2. The Morgan fingerprint density at radius 1 is 1.14 bits per heavy atom. The van der Waals surface area contributed by atoms with Gasteiger partial charge in [0.2, 0.25) is 11.9 Å². The largest absolute Gasteiger partial charge is 0.342 e. The fourth-order valence-electron chi connectivity index (χ4n) is 3.75. The van der Waals surface area contributed by atoms with E-state index in [1.54, 1.807) is 12.4 Å². The highest BCUT2D eigenvalue weighted by atomic mass is 16.2. The molecule has 1 aliphatic carbocycles. The minimum absolute atomic E-state index is 0.0875. The molecular weight excluding hydrogens is 276 g/mol. The number of hydrogen-bond acceptors (Lipinski definition) is 4. The van der Waals surface area contributed by atoms with E-state index in [4.69, 9.17) is 0 Å². The zero-order valence-electron chi connectivity index (χ0n) is 13.4. The lowest BCUT2D eigenvalue weighted by Crippen LogP contribution is -2.47. The van der Waals surface area contributed by atoms with E-state index in [9.17, 15) is 4.79 Å². The first-order chi connectivity index (χ1) is 10.8. The van der Waals surface area contributed by atoms with Crippen molar-refractivity contribution >= 4 is 11.9 Å².